The van der Waals surface area contributed by atoms with Crippen LogP contribution in [-0.2, 0) is 0 Å². The quantitative estimate of drug-likeness (QED) is 0.420. The predicted molar refractivity (Wildman–Crippen MR) is 22.3 cm³/mol. The Morgan fingerprint density at radius 1 is 1.17 bits per heavy atom. The van der Waals surface area contributed by atoms with Gasteiger partial charge in [-0.05, 0) is 22.7 Å². The Morgan fingerprint density at radius 2 is 1.67 bits per heavy atom. The normalized spacial score (nSPS) is 17.0. The van der Waals surface area contributed by atoms with Gasteiger partial charge < -0.3 is 0 Å². The topological polar surface area (TPSA) is 49.4 Å². The van der Waals surface area contributed by atoms with Crippen LogP contribution in [0, 0.1) is 0 Å². The summed E-state index contributed by atoms with van der Waals surface area (Å²) in [6, 6.07) is 0. The van der Waals surface area contributed by atoms with E-state index >= 15 is 0 Å². The standard InChI is InChI=1S/CN4S/c6-1-2-4-5-3-1. The fraction of sp³-hybridized carbons (Fsp3) is 0. The van der Waals surface area contributed by atoms with E-state index in [0.717, 1.165) is 0 Å². The van der Waals surface area contributed by atoms with Crippen LogP contribution in [-0.4, -0.2) is 5.11 Å². The van der Waals surface area contributed by atoms with Gasteiger partial charge in [0.1, 0.15) is 0 Å². The molecule has 6 heavy (non-hydrogen) atoms. The van der Waals surface area contributed by atoms with Crippen LogP contribution < -0.4 is 0 Å². The average Bonchev–Trinajstić information content (AvgIpc) is 1.86. The number of hydrogen-bond acceptors (Lipinski definition) is 3. The third-order valence-corrected chi connectivity index (χ3v) is 0.464. The van der Waals surface area contributed by atoms with Crippen molar-refractivity contribution in [2.24, 2.45) is 20.7 Å². The van der Waals surface area contributed by atoms with Gasteiger partial charge in [-0.15, -0.1) is 0 Å². The molecule has 0 aromatic rings. The summed E-state index contributed by atoms with van der Waals surface area (Å²) in [6.45, 7) is 0. The molecule has 1 aliphatic heterocycles. The Bertz CT molecular complexity index is 110. The summed E-state index contributed by atoms with van der Waals surface area (Å²) in [6.07, 6.45) is 0. The highest BCUT2D eigenvalue weighted by molar-refractivity contribution is 7.80. The van der Waals surface area contributed by atoms with Gasteiger partial charge in [-0.3, -0.25) is 0 Å². The van der Waals surface area contributed by atoms with E-state index in [2.05, 4.69) is 32.9 Å². The molecule has 0 saturated carbocycles. The molecule has 0 aromatic heterocycles. The minimum absolute atomic E-state index is 0.204. The summed E-state index contributed by atoms with van der Waals surface area (Å²) in [5, 5.41) is 12.9. The van der Waals surface area contributed by atoms with E-state index in [1.807, 2.05) is 0 Å². The van der Waals surface area contributed by atoms with E-state index in [1.165, 1.54) is 0 Å². The largest absolute Gasteiger partial charge is 0.263 e. The average molecular weight is 100 g/mol. The van der Waals surface area contributed by atoms with E-state index in [-0.39, 0.29) is 5.11 Å². The van der Waals surface area contributed by atoms with Crippen molar-refractivity contribution in [3.63, 3.8) is 0 Å². The van der Waals surface area contributed by atoms with E-state index in [1.54, 1.807) is 0 Å². The molecular formula is CN4S. The minimum Gasteiger partial charge on any atom is -0.0944 e. The third-order valence-electron chi connectivity index (χ3n) is 0.301. The second-order valence-corrected chi connectivity index (χ2v) is 1.03. The predicted octanol–water partition coefficient (Wildman–Crippen LogP) is 1.10. The molecule has 5 heteroatoms. The van der Waals surface area contributed by atoms with Crippen molar-refractivity contribution in [2.75, 3.05) is 0 Å². The minimum atomic E-state index is 0.204. The monoisotopic (exact) mass is 100.0 g/mol. The van der Waals surface area contributed by atoms with Crippen molar-refractivity contribution >= 4 is 17.3 Å². The van der Waals surface area contributed by atoms with Crippen molar-refractivity contribution in [3.05, 3.63) is 0 Å². The summed E-state index contributed by atoms with van der Waals surface area (Å²) < 4.78 is 0. The molecule has 0 unspecified atom stereocenters. The highest BCUT2D eigenvalue weighted by atomic mass is 32.1. The first-order valence-electron chi connectivity index (χ1n) is 1.25. The van der Waals surface area contributed by atoms with Crippen LogP contribution >= 0.6 is 12.2 Å². The van der Waals surface area contributed by atoms with E-state index in [4.69, 9.17) is 0 Å². The van der Waals surface area contributed by atoms with Crippen LogP contribution in [0.5, 0.6) is 0 Å². The summed E-state index contributed by atoms with van der Waals surface area (Å²) in [7, 11) is 0. The number of nitrogens with zero attached hydrogens (tertiary/aromatic N) is 4. The molecule has 0 N–H and O–H groups in total. The van der Waals surface area contributed by atoms with Crippen molar-refractivity contribution < 1.29 is 0 Å². The second kappa shape index (κ2) is 1.17. The van der Waals surface area contributed by atoms with Crippen LogP contribution in [0.15, 0.2) is 20.7 Å². The molecule has 0 aromatic carbocycles. The Labute approximate surface area is 39.0 Å². The van der Waals surface area contributed by atoms with Crippen molar-refractivity contribution in [3.8, 4) is 0 Å². The molecule has 0 saturated heterocycles. The molecule has 0 bridgehead atoms. The number of hydrogen-bond donors (Lipinski definition) is 0. The van der Waals surface area contributed by atoms with E-state index in [0.29, 0.717) is 0 Å². The smallest absolute Gasteiger partial charge is 0.0944 e. The Balaban J connectivity index is 2.86. The lowest BCUT2D eigenvalue weighted by molar-refractivity contribution is 1.06. The van der Waals surface area contributed by atoms with Crippen molar-refractivity contribution in [1.29, 1.82) is 0 Å². The van der Waals surface area contributed by atoms with Gasteiger partial charge in [-0.25, -0.2) is 0 Å². The maximum atomic E-state index is 4.40. The van der Waals surface area contributed by atoms with Crippen molar-refractivity contribution in [1.82, 2.24) is 0 Å². The van der Waals surface area contributed by atoms with Gasteiger partial charge in [0.25, 0.3) is 5.11 Å². The Hall–Kier alpha value is -0.710. The molecule has 4 nitrogen and oxygen atoms in total. The maximum Gasteiger partial charge on any atom is 0.263 e. The Kier molecular flexibility index (Phi) is 0.681. The SMILES string of the molecule is S=C1N=NN=N1. The fourth-order valence-electron chi connectivity index (χ4n) is 0.137. The molecule has 1 rings (SSSR count). The molecule has 1 aliphatic rings. The van der Waals surface area contributed by atoms with Gasteiger partial charge in [-0.2, -0.15) is 0 Å². The number of rotatable bonds is 0. The first-order chi connectivity index (χ1) is 2.89. The summed E-state index contributed by atoms with van der Waals surface area (Å²) >= 11 is 4.40. The van der Waals surface area contributed by atoms with Gasteiger partial charge in [0.2, 0.25) is 0 Å². The summed E-state index contributed by atoms with van der Waals surface area (Å²) in [4.78, 5) is 0. The van der Waals surface area contributed by atoms with Crippen LogP contribution in [0.2, 0.25) is 0 Å². The third kappa shape index (κ3) is 0.436. The zero-order valence-corrected chi connectivity index (χ0v) is 3.51. The van der Waals surface area contributed by atoms with E-state index in [9.17, 15) is 0 Å². The van der Waals surface area contributed by atoms with Gasteiger partial charge in [0, 0.05) is 0 Å². The zero-order valence-electron chi connectivity index (χ0n) is 2.70. The van der Waals surface area contributed by atoms with Gasteiger partial charge in [0.05, 0.1) is 0 Å². The van der Waals surface area contributed by atoms with Crippen molar-refractivity contribution in [2.45, 2.75) is 0 Å². The highest BCUT2D eigenvalue weighted by Crippen LogP contribution is 1.94. The molecule has 0 amide bonds. The summed E-state index contributed by atoms with van der Waals surface area (Å²) in [5.74, 6) is 0. The fourth-order valence-corrected chi connectivity index (χ4v) is 0.210. The zero-order chi connectivity index (χ0) is 4.41. The first kappa shape index (κ1) is 3.48. The molecule has 0 atom stereocenters. The first-order valence-corrected chi connectivity index (χ1v) is 1.66. The van der Waals surface area contributed by atoms with Crippen LogP contribution in [0.25, 0.3) is 0 Å². The molecule has 30 valence electrons. The second-order valence-electron chi connectivity index (χ2n) is 0.661. The number of thiocarbonyl (C=S) groups is 1. The summed E-state index contributed by atoms with van der Waals surface area (Å²) in [5.41, 5.74) is 0. The van der Waals surface area contributed by atoms with Crippen LogP contribution in [0.3, 0.4) is 0 Å². The molecule has 1 heterocycles. The van der Waals surface area contributed by atoms with Gasteiger partial charge in [-0.1, -0.05) is 10.2 Å². The Morgan fingerprint density at radius 3 is 1.83 bits per heavy atom. The van der Waals surface area contributed by atoms with Gasteiger partial charge in [0.15, 0.2) is 0 Å². The molecule has 0 radical (unpaired) electrons. The van der Waals surface area contributed by atoms with Crippen LogP contribution in [0.1, 0.15) is 0 Å². The molecule has 0 aliphatic carbocycles. The highest BCUT2D eigenvalue weighted by Gasteiger charge is 1.90. The van der Waals surface area contributed by atoms with E-state index < -0.39 is 0 Å². The maximum absolute atomic E-state index is 4.40. The lowest BCUT2D eigenvalue weighted by atomic mass is 11.2. The van der Waals surface area contributed by atoms with Gasteiger partial charge >= 0.3 is 0 Å². The lowest BCUT2D eigenvalue weighted by Gasteiger charge is -1.59. The molecular weight excluding hydrogens is 100 g/mol. The molecule has 0 spiro atoms. The van der Waals surface area contributed by atoms with Crippen LogP contribution in [0.4, 0.5) is 0 Å². The molecule has 0 fully saturated rings. The lowest BCUT2D eigenvalue weighted by Crippen LogP contribution is -1.68.